The predicted octanol–water partition coefficient (Wildman–Crippen LogP) is 2.90. The van der Waals surface area contributed by atoms with Crippen molar-refractivity contribution in [3.63, 3.8) is 0 Å². The van der Waals surface area contributed by atoms with Gasteiger partial charge >= 0.3 is 12.1 Å². The average Bonchev–Trinajstić information content (AvgIpc) is 2.63. The van der Waals surface area contributed by atoms with Gasteiger partial charge in [0.2, 0.25) is 0 Å². The Morgan fingerprint density at radius 3 is 2.59 bits per heavy atom. The minimum atomic E-state index is -0.708. The van der Waals surface area contributed by atoms with Gasteiger partial charge in [0, 0.05) is 23.5 Å². The maximum atomic E-state index is 12.7. The van der Waals surface area contributed by atoms with Crippen LogP contribution in [0.4, 0.5) is 10.5 Å². The molecule has 0 saturated heterocycles. The number of nitrogens with zero attached hydrogens (tertiary/aromatic N) is 2. The Labute approximate surface area is 154 Å². The molecule has 140 valence electrons. The van der Waals surface area contributed by atoms with Gasteiger partial charge in [0.1, 0.15) is 11.2 Å². The highest BCUT2D eigenvalue weighted by Crippen LogP contribution is 2.25. The summed E-state index contributed by atoms with van der Waals surface area (Å²) < 4.78 is 11.1. The van der Waals surface area contributed by atoms with E-state index in [1.54, 1.807) is 32.2 Å². The molecule has 3 rings (SSSR count). The lowest BCUT2D eigenvalue weighted by atomic mass is 10.1. The van der Waals surface area contributed by atoms with Gasteiger partial charge in [0.15, 0.2) is 0 Å². The molecule has 8 heteroatoms. The van der Waals surface area contributed by atoms with E-state index in [1.807, 2.05) is 13.0 Å². The van der Waals surface area contributed by atoms with Crippen molar-refractivity contribution in [3.8, 4) is 0 Å². The van der Waals surface area contributed by atoms with E-state index in [4.69, 9.17) is 9.47 Å². The fourth-order valence-corrected chi connectivity index (χ4v) is 2.84. The molecule has 27 heavy (non-hydrogen) atoms. The van der Waals surface area contributed by atoms with Gasteiger partial charge in [0.25, 0.3) is 5.56 Å². The van der Waals surface area contributed by atoms with Gasteiger partial charge in [-0.1, -0.05) is 6.07 Å². The molecule has 3 aromatic rings. The van der Waals surface area contributed by atoms with E-state index >= 15 is 0 Å². The maximum Gasteiger partial charge on any atom is 0.411 e. The number of aromatic nitrogens is 2. The molecule has 0 saturated carbocycles. The lowest BCUT2D eigenvalue weighted by Gasteiger charge is -2.11. The highest BCUT2D eigenvalue weighted by Gasteiger charge is 2.16. The Hall–Kier alpha value is -3.42. The molecule has 0 aliphatic heterocycles. The molecular formula is C19H19N3O5. The molecular weight excluding hydrogens is 350 g/mol. The van der Waals surface area contributed by atoms with Crippen molar-refractivity contribution in [1.82, 2.24) is 9.38 Å². The molecule has 1 amide bonds. The average molecular weight is 369 g/mol. The number of fused-ring (bicyclic) bond motifs is 3. The maximum absolute atomic E-state index is 12.7. The van der Waals surface area contributed by atoms with Crippen LogP contribution in [0.15, 0.2) is 35.4 Å². The Balaban J connectivity index is 2.19. The smallest absolute Gasteiger partial charge is 0.411 e. The van der Waals surface area contributed by atoms with Crippen LogP contribution in [-0.4, -0.2) is 34.7 Å². The minimum absolute atomic E-state index is 0.131. The molecule has 0 unspecified atom stereocenters. The number of anilines is 1. The van der Waals surface area contributed by atoms with Crippen LogP contribution >= 0.6 is 0 Å². The van der Waals surface area contributed by atoms with Gasteiger partial charge in [0.05, 0.1) is 13.2 Å². The van der Waals surface area contributed by atoms with Crippen molar-refractivity contribution in [2.45, 2.75) is 20.8 Å². The largest absolute Gasteiger partial charge is 0.462 e. The Morgan fingerprint density at radius 1 is 1.15 bits per heavy atom. The van der Waals surface area contributed by atoms with E-state index in [1.165, 1.54) is 10.6 Å². The van der Waals surface area contributed by atoms with Crippen molar-refractivity contribution in [1.29, 1.82) is 0 Å². The number of nitrogens with one attached hydrogen (secondary N) is 1. The van der Waals surface area contributed by atoms with Gasteiger partial charge in [-0.2, -0.15) is 0 Å². The van der Waals surface area contributed by atoms with Gasteiger partial charge in [-0.25, -0.2) is 14.6 Å². The van der Waals surface area contributed by atoms with Crippen molar-refractivity contribution in [2.75, 3.05) is 18.5 Å². The number of aryl methyl sites for hydroxylation is 1. The first-order valence-electron chi connectivity index (χ1n) is 8.51. The number of carbonyl (C=O) groups is 2. The van der Waals surface area contributed by atoms with Crippen LogP contribution in [0, 0.1) is 6.92 Å². The normalized spacial score (nSPS) is 10.8. The van der Waals surface area contributed by atoms with Crippen molar-refractivity contribution in [2.24, 2.45) is 0 Å². The van der Waals surface area contributed by atoms with E-state index in [9.17, 15) is 14.4 Å². The zero-order valence-electron chi connectivity index (χ0n) is 15.2. The van der Waals surface area contributed by atoms with Crippen LogP contribution in [0.5, 0.6) is 0 Å². The van der Waals surface area contributed by atoms with Crippen LogP contribution in [0.3, 0.4) is 0 Å². The monoisotopic (exact) mass is 369 g/mol. The molecule has 0 aliphatic carbocycles. The standard InChI is InChI=1S/C19H19N3O5/c1-4-26-18(24)15-9-20-16-14-8-12(21-19(25)27-5-2)6-7-13(14)11(3)10-22(16)17(15)23/h6-10H,4-5H2,1-3H3,(H,21,25). The Kier molecular flexibility index (Phi) is 5.07. The fourth-order valence-electron chi connectivity index (χ4n) is 2.84. The lowest BCUT2D eigenvalue weighted by molar-refractivity contribution is 0.0523. The number of esters is 1. The summed E-state index contributed by atoms with van der Waals surface area (Å²) in [5.74, 6) is -0.708. The summed E-state index contributed by atoms with van der Waals surface area (Å²) >= 11 is 0. The number of hydrogen-bond donors (Lipinski definition) is 1. The second-order valence-corrected chi connectivity index (χ2v) is 5.81. The van der Waals surface area contributed by atoms with Crippen molar-refractivity contribution in [3.05, 3.63) is 52.1 Å². The van der Waals surface area contributed by atoms with E-state index in [0.717, 1.165) is 10.9 Å². The summed E-state index contributed by atoms with van der Waals surface area (Å²) in [6.07, 6.45) is 2.29. The highest BCUT2D eigenvalue weighted by atomic mass is 16.5. The van der Waals surface area contributed by atoms with Crippen LogP contribution in [0.2, 0.25) is 0 Å². The lowest BCUT2D eigenvalue weighted by Crippen LogP contribution is -2.24. The molecule has 0 fully saturated rings. The third-order valence-electron chi connectivity index (χ3n) is 4.02. The van der Waals surface area contributed by atoms with E-state index in [-0.39, 0.29) is 18.8 Å². The molecule has 1 aromatic carbocycles. The topological polar surface area (TPSA) is 99.0 Å². The van der Waals surface area contributed by atoms with Crippen molar-refractivity contribution >= 4 is 34.2 Å². The molecule has 0 bridgehead atoms. The van der Waals surface area contributed by atoms with Gasteiger partial charge in [-0.3, -0.25) is 14.5 Å². The third kappa shape index (κ3) is 3.46. The summed E-state index contributed by atoms with van der Waals surface area (Å²) in [6, 6.07) is 5.29. The second-order valence-electron chi connectivity index (χ2n) is 5.81. The molecule has 0 spiro atoms. The van der Waals surface area contributed by atoms with E-state index < -0.39 is 17.6 Å². The molecule has 0 atom stereocenters. The number of amides is 1. The number of ether oxygens (including phenoxy) is 2. The Bertz CT molecular complexity index is 1100. The Morgan fingerprint density at radius 2 is 1.89 bits per heavy atom. The fraction of sp³-hybridized carbons (Fsp3) is 0.263. The van der Waals surface area contributed by atoms with Crippen molar-refractivity contribution < 1.29 is 19.1 Å². The number of benzene rings is 1. The second kappa shape index (κ2) is 7.45. The highest BCUT2D eigenvalue weighted by molar-refractivity contribution is 6.00. The summed E-state index contributed by atoms with van der Waals surface area (Å²) in [7, 11) is 0. The van der Waals surface area contributed by atoms with Crippen LogP contribution in [0.1, 0.15) is 29.8 Å². The first-order valence-corrected chi connectivity index (χ1v) is 8.51. The third-order valence-corrected chi connectivity index (χ3v) is 4.02. The van der Waals surface area contributed by atoms with Gasteiger partial charge < -0.3 is 9.47 Å². The summed E-state index contributed by atoms with van der Waals surface area (Å²) in [4.78, 5) is 40.6. The minimum Gasteiger partial charge on any atom is -0.462 e. The summed E-state index contributed by atoms with van der Waals surface area (Å²) in [6.45, 7) is 5.66. The number of carbonyl (C=O) groups excluding carboxylic acids is 2. The van der Waals surface area contributed by atoms with Crippen LogP contribution < -0.4 is 10.9 Å². The number of pyridine rings is 1. The summed E-state index contributed by atoms with van der Waals surface area (Å²) in [5, 5.41) is 4.17. The van der Waals surface area contributed by atoms with Gasteiger partial charge in [-0.05, 0) is 43.9 Å². The molecule has 8 nitrogen and oxygen atoms in total. The number of rotatable bonds is 4. The zero-order valence-corrected chi connectivity index (χ0v) is 15.2. The molecule has 1 N–H and O–H groups in total. The SMILES string of the molecule is CCOC(=O)Nc1ccc2c(C)cn3c(=O)c(C(=O)OCC)cnc3c2c1. The first-order chi connectivity index (χ1) is 13.0. The molecule has 0 aliphatic rings. The number of hydrogen-bond acceptors (Lipinski definition) is 6. The van der Waals surface area contributed by atoms with Gasteiger partial charge in [-0.15, -0.1) is 0 Å². The van der Waals surface area contributed by atoms with E-state index in [2.05, 4.69) is 10.3 Å². The summed E-state index contributed by atoms with van der Waals surface area (Å²) in [5.41, 5.74) is 1.07. The molecule has 2 heterocycles. The predicted molar refractivity (Wildman–Crippen MR) is 100 cm³/mol. The van der Waals surface area contributed by atoms with Crippen LogP contribution in [-0.2, 0) is 9.47 Å². The molecule has 2 aromatic heterocycles. The zero-order chi connectivity index (χ0) is 19.6. The van der Waals surface area contributed by atoms with E-state index in [0.29, 0.717) is 16.7 Å². The van der Waals surface area contributed by atoms with Crippen LogP contribution in [0.25, 0.3) is 16.4 Å². The molecule has 0 radical (unpaired) electrons. The first kappa shape index (κ1) is 18.4. The quantitative estimate of drug-likeness (QED) is 0.561.